The number of esters is 2. The van der Waals surface area contributed by atoms with E-state index in [1.165, 1.54) is 18.8 Å². The van der Waals surface area contributed by atoms with E-state index in [0.29, 0.717) is 34.1 Å². The van der Waals surface area contributed by atoms with Gasteiger partial charge in [-0.3, -0.25) is 9.36 Å². The van der Waals surface area contributed by atoms with Crippen LogP contribution in [-0.2, 0) is 19.1 Å². The summed E-state index contributed by atoms with van der Waals surface area (Å²) < 4.78 is 35.4. The minimum atomic E-state index is -1.04. The van der Waals surface area contributed by atoms with Crippen molar-refractivity contribution in [2.45, 2.75) is 59.7 Å². The molecular formula is C34H40N2O9S. The van der Waals surface area contributed by atoms with Crippen molar-refractivity contribution >= 4 is 40.7 Å². The molecule has 1 aliphatic heterocycles. The van der Waals surface area contributed by atoms with Gasteiger partial charge in [0.15, 0.2) is 23.0 Å². The first-order valence-electron chi connectivity index (χ1n) is 15.0. The number of carbonyl (C=O) groups excluding carboxylic acids is 2. The van der Waals surface area contributed by atoms with E-state index in [2.05, 4.69) is 0 Å². The van der Waals surface area contributed by atoms with Crippen LogP contribution in [0.3, 0.4) is 0 Å². The molecule has 11 nitrogen and oxygen atoms in total. The molecule has 12 heteroatoms. The number of methoxy groups -OCH3 is 2. The van der Waals surface area contributed by atoms with Crippen LogP contribution in [0.5, 0.6) is 23.0 Å². The van der Waals surface area contributed by atoms with Crippen LogP contribution in [-0.4, -0.2) is 56.1 Å². The topological polar surface area (TPSA) is 138 Å². The fourth-order valence-electron chi connectivity index (χ4n) is 5.09. The molecule has 0 fully saturated rings. The van der Waals surface area contributed by atoms with E-state index in [1.807, 2.05) is 27.7 Å². The predicted molar refractivity (Wildman–Crippen MR) is 176 cm³/mol. The molecule has 0 amide bonds. The van der Waals surface area contributed by atoms with Gasteiger partial charge in [0.25, 0.3) is 5.56 Å². The fourth-order valence-corrected chi connectivity index (χ4v) is 6.25. The van der Waals surface area contributed by atoms with Crippen LogP contribution < -0.4 is 39.4 Å². The monoisotopic (exact) mass is 652 g/mol. The highest BCUT2D eigenvalue weighted by Crippen LogP contribution is 2.41. The molecular weight excluding hydrogens is 612 g/mol. The number of fused-ring (bicyclic) bond motifs is 1. The van der Waals surface area contributed by atoms with Gasteiger partial charge < -0.3 is 34.2 Å². The van der Waals surface area contributed by atoms with Gasteiger partial charge in [-0.25, -0.2) is 9.59 Å². The number of carbonyl (C=O) groups is 2. The quantitative estimate of drug-likeness (QED) is 0.289. The van der Waals surface area contributed by atoms with Gasteiger partial charge in [0.05, 0.1) is 61.2 Å². The number of nitrogens with two attached hydrogens (primary N) is 1. The summed E-state index contributed by atoms with van der Waals surface area (Å²) in [6, 6.07) is 10.4. The summed E-state index contributed by atoms with van der Waals surface area (Å²) in [6.07, 6.45) is 1.47. The van der Waals surface area contributed by atoms with Gasteiger partial charge in [-0.2, -0.15) is 0 Å². The van der Waals surface area contributed by atoms with Crippen LogP contribution in [0.4, 0.5) is 0 Å². The number of nitrogens with zero attached hydrogens (tertiary/aromatic N) is 1. The molecule has 0 aliphatic carbocycles. The molecule has 0 bridgehead atoms. The lowest BCUT2D eigenvalue weighted by atomic mass is 9.83. The maximum absolute atomic E-state index is 14.0. The van der Waals surface area contributed by atoms with E-state index in [0.717, 1.165) is 11.3 Å². The van der Waals surface area contributed by atoms with Gasteiger partial charge in [-0.15, -0.1) is 11.3 Å². The highest BCUT2D eigenvalue weighted by Gasteiger charge is 2.40. The third-order valence-corrected chi connectivity index (χ3v) is 7.98. The molecule has 1 aromatic heterocycles. The third kappa shape index (κ3) is 6.91. The molecule has 0 unspecified atom stereocenters. The van der Waals surface area contributed by atoms with Crippen molar-refractivity contribution in [2.75, 3.05) is 27.4 Å². The van der Waals surface area contributed by atoms with Gasteiger partial charge in [0.2, 0.25) is 0 Å². The number of rotatable bonds is 12. The highest BCUT2D eigenvalue weighted by atomic mass is 32.1. The van der Waals surface area contributed by atoms with Gasteiger partial charge in [0, 0.05) is 0 Å². The van der Waals surface area contributed by atoms with Crippen molar-refractivity contribution in [1.29, 1.82) is 0 Å². The molecule has 0 saturated carbocycles. The van der Waals surface area contributed by atoms with Crippen LogP contribution >= 0.6 is 11.3 Å². The number of thiazole rings is 1. The van der Waals surface area contributed by atoms with Crippen molar-refractivity contribution < 1.29 is 38.0 Å². The Morgan fingerprint density at radius 3 is 1.93 bits per heavy atom. The summed E-state index contributed by atoms with van der Waals surface area (Å²) in [5.74, 6) is -0.747. The standard InChI is InChI=1S/C34H40N2O9S/c1-9-42-33(38)28-27(21-12-14-23(45-19(5)6)25(17-21)41-8)29(34(39)43-10-2)32-36(30(28)35)31(37)26(46-32)16-20-11-13-22(44-18(3)4)24(15-20)40-7/h11-19,27H,9-10,35H2,1-8H3/b26-16-/t27-/m0/s1. The minimum Gasteiger partial charge on any atom is -0.493 e. The first kappa shape index (κ1) is 34.2. The summed E-state index contributed by atoms with van der Waals surface area (Å²) >= 11 is 1.06. The van der Waals surface area contributed by atoms with Crippen molar-refractivity contribution in [1.82, 2.24) is 4.57 Å². The van der Waals surface area contributed by atoms with Crippen LogP contribution in [0.2, 0.25) is 0 Å². The van der Waals surface area contributed by atoms with Gasteiger partial charge in [0.1, 0.15) is 10.5 Å². The summed E-state index contributed by atoms with van der Waals surface area (Å²) in [7, 11) is 3.03. The van der Waals surface area contributed by atoms with Gasteiger partial charge >= 0.3 is 11.9 Å². The molecule has 46 heavy (non-hydrogen) atoms. The molecule has 1 aliphatic rings. The maximum atomic E-state index is 14.0. The third-order valence-electron chi connectivity index (χ3n) is 6.87. The molecule has 246 valence electrons. The average Bonchev–Trinajstić information content (AvgIpc) is 3.32. The zero-order valence-corrected chi connectivity index (χ0v) is 28.1. The normalized spacial score (nSPS) is 14.8. The Labute approximate surface area is 271 Å². The zero-order chi connectivity index (χ0) is 33.7. The lowest BCUT2D eigenvalue weighted by Gasteiger charge is -2.27. The SMILES string of the molecule is CCOC(=O)C1=C(N)n2c(s/c(=C\c3ccc(OC(C)C)c(OC)c3)c2=O)=C(C(=O)OCC)[C@H]1c1ccc(OC(C)C)c(OC)c1. The van der Waals surface area contributed by atoms with E-state index >= 15 is 0 Å². The van der Waals surface area contributed by atoms with Gasteiger partial charge in [-0.05, 0) is 83.0 Å². The maximum Gasteiger partial charge on any atom is 0.338 e. The number of hydrogen-bond acceptors (Lipinski definition) is 11. The van der Waals surface area contributed by atoms with Crippen LogP contribution in [0, 0.1) is 0 Å². The second-order valence-electron chi connectivity index (χ2n) is 10.8. The minimum absolute atomic E-state index is 0.0460. The molecule has 3 aromatic rings. The molecule has 0 spiro atoms. The Bertz CT molecular complexity index is 1840. The fraction of sp³-hybridized carbons (Fsp3) is 0.382. The second kappa shape index (κ2) is 14.6. The summed E-state index contributed by atoms with van der Waals surface area (Å²) in [6.45, 7) is 11.0. The summed E-state index contributed by atoms with van der Waals surface area (Å²) in [4.78, 5) is 41.3. The lowest BCUT2D eigenvalue weighted by Crippen LogP contribution is -2.42. The molecule has 1 atom stereocenters. The number of hydrogen-bond donors (Lipinski definition) is 1. The van der Waals surface area contributed by atoms with Gasteiger partial charge in [-0.1, -0.05) is 12.1 Å². The Balaban J connectivity index is 2.05. The first-order chi connectivity index (χ1) is 21.9. The van der Waals surface area contributed by atoms with E-state index in [4.69, 9.17) is 34.2 Å². The van der Waals surface area contributed by atoms with Crippen LogP contribution in [0.1, 0.15) is 58.6 Å². The second-order valence-corrected chi connectivity index (χ2v) is 11.8. The summed E-state index contributed by atoms with van der Waals surface area (Å²) in [5.41, 5.74) is 7.27. The smallest absolute Gasteiger partial charge is 0.338 e. The molecule has 2 heterocycles. The Morgan fingerprint density at radius 2 is 1.39 bits per heavy atom. The number of aromatic nitrogens is 1. The Morgan fingerprint density at radius 1 is 0.848 bits per heavy atom. The molecule has 0 saturated heterocycles. The number of ether oxygens (including phenoxy) is 6. The molecule has 2 aromatic carbocycles. The Hall–Kier alpha value is -4.71. The van der Waals surface area contributed by atoms with E-state index in [-0.39, 0.29) is 51.6 Å². The number of benzene rings is 2. The van der Waals surface area contributed by atoms with E-state index < -0.39 is 23.4 Å². The Kier molecular flexibility index (Phi) is 10.8. The highest BCUT2D eigenvalue weighted by molar-refractivity contribution is 7.07. The molecule has 0 radical (unpaired) electrons. The first-order valence-corrected chi connectivity index (χ1v) is 15.8. The average molecular weight is 653 g/mol. The largest absolute Gasteiger partial charge is 0.493 e. The van der Waals surface area contributed by atoms with Crippen LogP contribution in [0.25, 0.3) is 17.5 Å². The molecule has 2 N–H and O–H groups in total. The van der Waals surface area contributed by atoms with Crippen LogP contribution in [0.15, 0.2) is 46.8 Å². The van der Waals surface area contributed by atoms with E-state index in [9.17, 15) is 14.4 Å². The predicted octanol–water partition coefficient (Wildman–Crippen LogP) is 3.53. The zero-order valence-electron chi connectivity index (χ0n) is 27.3. The molecule has 4 rings (SSSR count). The lowest BCUT2D eigenvalue weighted by molar-refractivity contribution is -0.138. The summed E-state index contributed by atoms with van der Waals surface area (Å²) in [5, 5.41) is 0. The van der Waals surface area contributed by atoms with Crippen molar-refractivity contribution in [2.24, 2.45) is 5.73 Å². The van der Waals surface area contributed by atoms with Crippen molar-refractivity contribution in [3.63, 3.8) is 0 Å². The van der Waals surface area contributed by atoms with Crippen molar-refractivity contribution in [3.8, 4) is 23.0 Å². The van der Waals surface area contributed by atoms with E-state index in [1.54, 1.807) is 56.3 Å². The van der Waals surface area contributed by atoms with Crippen molar-refractivity contribution in [3.05, 3.63) is 72.6 Å².